The molecule has 114 valence electrons. The molecule has 21 heavy (non-hydrogen) atoms. The van der Waals surface area contributed by atoms with Gasteiger partial charge in [0, 0.05) is 17.2 Å². The number of carbonyl (C=O) groups excluding carboxylic acids is 1. The summed E-state index contributed by atoms with van der Waals surface area (Å²) in [5.74, 6) is 5.79. The maximum absolute atomic E-state index is 12.3. The predicted octanol–water partition coefficient (Wildman–Crippen LogP) is 3.81. The lowest BCUT2D eigenvalue weighted by atomic mass is 9.98. The topological polar surface area (TPSA) is 55.1 Å². The monoisotopic (exact) mass is 306 g/mol. The second kappa shape index (κ2) is 9.44. The zero-order valence-electron chi connectivity index (χ0n) is 12.7. The van der Waals surface area contributed by atoms with E-state index in [1.165, 1.54) is 0 Å². The standard InChI is InChI=1S/C17H23ClN2O/c1-3-5-7-13(4-2)17(21)20-15-9-10-16(18)14(12-15)8-6-11-19/h9-10,12-13H,3-5,7,11,19H2,1-2H3,(H,20,21). The van der Waals surface area contributed by atoms with E-state index >= 15 is 0 Å². The number of hydrogen-bond donors (Lipinski definition) is 2. The maximum atomic E-state index is 12.3. The van der Waals surface area contributed by atoms with E-state index in [1.54, 1.807) is 18.2 Å². The number of benzene rings is 1. The smallest absolute Gasteiger partial charge is 0.227 e. The molecule has 4 heteroatoms. The van der Waals surface area contributed by atoms with Crippen LogP contribution >= 0.6 is 11.6 Å². The van der Waals surface area contributed by atoms with Gasteiger partial charge >= 0.3 is 0 Å². The zero-order chi connectivity index (χ0) is 15.7. The first-order valence-corrected chi connectivity index (χ1v) is 7.79. The van der Waals surface area contributed by atoms with E-state index < -0.39 is 0 Å². The molecular formula is C17H23ClN2O. The molecule has 0 aliphatic carbocycles. The quantitative estimate of drug-likeness (QED) is 0.785. The lowest BCUT2D eigenvalue weighted by molar-refractivity contribution is -0.120. The molecule has 0 spiro atoms. The summed E-state index contributed by atoms with van der Waals surface area (Å²) in [5, 5.41) is 3.51. The highest BCUT2D eigenvalue weighted by atomic mass is 35.5. The molecule has 3 N–H and O–H groups in total. The normalized spacial score (nSPS) is 11.4. The molecule has 1 aromatic rings. The maximum Gasteiger partial charge on any atom is 0.227 e. The Labute approximate surface area is 132 Å². The molecule has 0 saturated carbocycles. The summed E-state index contributed by atoms with van der Waals surface area (Å²) in [6.07, 6.45) is 3.94. The number of nitrogens with two attached hydrogens (primary N) is 1. The van der Waals surface area contributed by atoms with E-state index in [1.807, 2.05) is 6.92 Å². The number of rotatable bonds is 6. The van der Waals surface area contributed by atoms with E-state index in [-0.39, 0.29) is 18.4 Å². The van der Waals surface area contributed by atoms with Crippen LogP contribution in [0.2, 0.25) is 5.02 Å². The summed E-state index contributed by atoms with van der Waals surface area (Å²) in [4.78, 5) is 12.3. The number of carbonyl (C=O) groups is 1. The number of unbranched alkanes of at least 4 members (excludes halogenated alkanes) is 1. The molecule has 0 heterocycles. The second-order valence-corrected chi connectivity index (χ2v) is 5.34. The van der Waals surface area contributed by atoms with Crippen molar-refractivity contribution >= 4 is 23.2 Å². The van der Waals surface area contributed by atoms with Gasteiger partial charge in [-0.1, -0.05) is 50.1 Å². The van der Waals surface area contributed by atoms with Crippen LogP contribution < -0.4 is 11.1 Å². The van der Waals surface area contributed by atoms with E-state index in [0.29, 0.717) is 10.6 Å². The average molecular weight is 307 g/mol. The molecule has 3 nitrogen and oxygen atoms in total. The summed E-state index contributed by atoms with van der Waals surface area (Å²) in [6, 6.07) is 5.32. The van der Waals surface area contributed by atoms with Gasteiger partial charge < -0.3 is 11.1 Å². The van der Waals surface area contributed by atoms with Crippen molar-refractivity contribution in [1.29, 1.82) is 0 Å². The third kappa shape index (κ3) is 5.79. The Kier molecular flexibility index (Phi) is 7.89. The molecule has 0 saturated heterocycles. The SMILES string of the molecule is CCCCC(CC)C(=O)Nc1ccc(Cl)c(C#CCN)c1. The molecule has 0 aliphatic heterocycles. The van der Waals surface area contributed by atoms with Gasteiger partial charge in [0.05, 0.1) is 11.6 Å². The fourth-order valence-corrected chi connectivity index (χ4v) is 2.23. The molecular weight excluding hydrogens is 284 g/mol. The lowest BCUT2D eigenvalue weighted by Crippen LogP contribution is -2.22. The van der Waals surface area contributed by atoms with E-state index in [9.17, 15) is 4.79 Å². The van der Waals surface area contributed by atoms with Crippen LogP contribution in [-0.4, -0.2) is 12.5 Å². The Balaban J connectivity index is 2.80. The number of hydrogen-bond acceptors (Lipinski definition) is 2. The van der Waals surface area contributed by atoms with Crippen LogP contribution in [0, 0.1) is 17.8 Å². The molecule has 0 bridgehead atoms. The number of anilines is 1. The molecule has 0 aliphatic rings. The summed E-state index contributed by atoms with van der Waals surface area (Å²) in [6.45, 7) is 4.45. The summed E-state index contributed by atoms with van der Waals surface area (Å²) < 4.78 is 0. The zero-order valence-corrected chi connectivity index (χ0v) is 13.5. The number of nitrogens with one attached hydrogen (secondary N) is 1. The fraction of sp³-hybridized carbons (Fsp3) is 0.471. The highest BCUT2D eigenvalue weighted by Crippen LogP contribution is 2.21. The van der Waals surface area contributed by atoms with Crippen molar-refractivity contribution < 1.29 is 4.79 Å². The third-order valence-corrected chi connectivity index (χ3v) is 3.66. The molecule has 0 fully saturated rings. The van der Waals surface area contributed by atoms with Crippen molar-refractivity contribution in [1.82, 2.24) is 0 Å². The Morgan fingerprint density at radius 2 is 2.19 bits per heavy atom. The molecule has 1 amide bonds. The number of halogens is 1. The van der Waals surface area contributed by atoms with Crippen molar-refractivity contribution in [3.8, 4) is 11.8 Å². The Bertz CT molecular complexity index is 531. The minimum Gasteiger partial charge on any atom is -0.326 e. The summed E-state index contributed by atoms with van der Waals surface area (Å²) in [7, 11) is 0. The Morgan fingerprint density at radius 3 is 2.81 bits per heavy atom. The first-order chi connectivity index (χ1) is 10.1. The van der Waals surface area contributed by atoms with Crippen molar-refractivity contribution in [3.05, 3.63) is 28.8 Å². The van der Waals surface area contributed by atoms with Gasteiger partial charge in [0.2, 0.25) is 5.91 Å². The van der Waals surface area contributed by atoms with Gasteiger partial charge in [-0.25, -0.2) is 0 Å². The van der Waals surface area contributed by atoms with Crippen LogP contribution in [0.25, 0.3) is 0 Å². The first-order valence-electron chi connectivity index (χ1n) is 7.41. The molecule has 0 radical (unpaired) electrons. The molecule has 1 atom stereocenters. The van der Waals surface area contributed by atoms with Gasteiger partial charge in [-0.05, 0) is 31.0 Å². The summed E-state index contributed by atoms with van der Waals surface area (Å²) >= 11 is 6.07. The van der Waals surface area contributed by atoms with Crippen LogP contribution in [0.4, 0.5) is 5.69 Å². The molecule has 0 aromatic heterocycles. The van der Waals surface area contributed by atoms with Crippen molar-refractivity contribution in [2.75, 3.05) is 11.9 Å². The largest absolute Gasteiger partial charge is 0.326 e. The van der Waals surface area contributed by atoms with E-state index in [0.717, 1.165) is 31.4 Å². The van der Waals surface area contributed by atoms with Gasteiger partial charge in [-0.2, -0.15) is 0 Å². The first kappa shape index (κ1) is 17.6. The van der Waals surface area contributed by atoms with Crippen molar-refractivity contribution in [3.63, 3.8) is 0 Å². The van der Waals surface area contributed by atoms with E-state index in [2.05, 4.69) is 24.1 Å². The van der Waals surface area contributed by atoms with Gasteiger partial charge in [-0.15, -0.1) is 0 Å². The van der Waals surface area contributed by atoms with Crippen molar-refractivity contribution in [2.24, 2.45) is 11.7 Å². The fourth-order valence-electron chi connectivity index (χ4n) is 2.06. The van der Waals surface area contributed by atoms with Crippen molar-refractivity contribution in [2.45, 2.75) is 39.5 Å². The minimum absolute atomic E-state index is 0.0548. The van der Waals surface area contributed by atoms with E-state index in [4.69, 9.17) is 17.3 Å². The van der Waals surface area contributed by atoms with Gasteiger partial charge in [-0.3, -0.25) is 4.79 Å². The van der Waals surface area contributed by atoms with Crippen LogP contribution in [-0.2, 0) is 4.79 Å². The Morgan fingerprint density at radius 1 is 1.43 bits per heavy atom. The highest BCUT2D eigenvalue weighted by molar-refractivity contribution is 6.31. The molecule has 1 rings (SSSR count). The third-order valence-electron chi connectivity index (χ3n) is 3.33. The molecule has 1 unspecified atom stereocenters. The van der Waals surface area contributed by atoms with Crippen LogP contribution in [0.15, 0.2) is 18.2 Å². The molecule has 1 aromatic carbocycles. The average Bonchev–Trinajstić information content (AvgIpc) is 2.48. The predicted molar refractivity (Wildman–Crippen MR) is 89.3 cm³/mol. The minimum atomic E-state index is 0.0548. The highest BCUT2D eigenvalue weighted by Gasteiger charge is 2.16. The summed E-state index contributed by atoms with van der Waals surface area (Å²) in [5.41, 5.74) is 6.77. The second-order valence-electron chi connectivity index (χ2n) is 4.94. The number of amides is 1. The van der Waals surface area contributed by atoms with Crippen LogP contribution in [0.1, 0.15) is 45.1 Å². The Hall–Kier alpha value is -1.50. The van der Waals surface area contributed by atoms with Crippen LogP contribution in [0.3, 0.4) is 0 Å². The van der Waals surface area contributed by atoms with Crippen LogP contribution in [0.5, 0.6) is 0 Å². The van der Waals surface area contributed by atoms with Gasteiger partial charge in [0.25, 0.3) is 0 Å². The van der Waals surface area contributed by atoms with Gasteiger partial charge in [0.15, 0.2) is 0 Å². The lowest BCUT2D eigenvalue weighted by Gasteiger charge is -2.15. The van der Waals surface area contributed by atoms with Gasteiger partial charge in [0.1, 0.15) is 0 Å².